The standard InChI is InChI=1S/C21H20N2O5/c1-2-26-18-10-8-15(9-11-18)20(24)22-23-21(25)19-16(12-13-27-19)14-28-17-6-4-3-5-7-17/h3-13H,2,14H2,1H3,(H,22,24)(H,23,25). The highest BCUT2D eigenvalue weighted by Crippen LogP contribution is 2.16. The van der Waals surface area contributed by atoms with Crippen LogP contribution in [0.5, 0.6) is 11.5 Å². The molecule has 0 unspecified atom stereocenters. The molecular formula is C21H20N2O5. The maximum absolute atomic E-state index is 12.3. The van der Waals surface area contributed by atoms with Crippen molar-refractivity contribution >= 4 is 11.8 Å². The molecule has 0 saturated carbocycles. The SMILES string of the molecule is CCOc1ccc(C(=O)NNC(=O)c2occc2COc2ccccc2)cc1. The van der Waals surface area contributed by atoms with Crippen LogP contribution in [0.4, 0.5) is 0 Å². The number of rotatable bonds is 7. The van der Waals surface area contributed by atoms with Gasteiger partial charge in [-0.25, -0.2) is 0 Å². The van der Waals surface area contributed by atoms with Gasteiger partial charge in [0, 0.05) is 11.1 Å². The van der Waals surface area contributed by atoms with Gasteiger partial charge >= 0.3 is 5.91 Å². The molecule has 0 aliphatic heterocycles. The molecule has 28 heavy (non-hydrogen) atoms. The summed E-state index contributed by atoms with van der Waals surface area (Å²) in [5.74, 6) is 0.393. The molecule has 0 atom stereocenters. The van der Waals surface area contributed by atoms with Gasteiger partial charge in [0.05, 0.1) is 12.9 Å². The molecule has 0 bridgehead atoms. The summed E-state index contributed by atoms with van der Waals surface area (Å²) in [5, 5.41) is 0. The summed E-state index contributed by atoms with van der Waals surface area (Å²) in [6, 6.07) is 17.5. The van der Waals surface area contributed by atoms with Crippen LogP contribution in [0.15, 0.2) is 71.3 Å². The van der Waals surface area contributed by atoms with Gasteiger partial charge in [0.2, 0.25) is 0 Å². The van der Waals surface area contributed by atoms with Crippen molar-refractivity contribution in [2.45, 2.75) is 13.5 Å². The van der Waals surface area contributed by atoms with Gasteiger partial charge in [-0.15, -0.1) is 0 Å². The maximum Gasteiger partial charge on any atom is 0.305 e. The highest BCUT2D eigenvalue weighted by atomic mass is 16.5. The van der Waals surface area contributed by atoms with E-state index in [4.69, 9.17) is 13.9 Å². The molecule has 3 rings (SSSR count). The molecule has 144 valence electrons. The number of ether oxygens (including phenoxy) is 2. The molecule has 0 radical (unpaired) electrons. The van der Waals surface area contributed by atoms with Crippen molar-refractivity contribution in [3.05, 3.63) is 83.8 Å². The minimum Gasteiger partial charge on any atom is -0.494 e. The van der Waals surface area contributed by atoms with Crippen molar-refractivity contribution in [1.29, 1.82) is 0 Å². The van der Waals surface area contributed by atoms with Gasteiger partial charge in [-0.1, -0.05) is 18.2 Å². The zero-order chi connectivity index (χ0) is 19.8. The zero-order valence-electron chi connectivity index (χ0n) is 15.3. The molecule has 0 saturated heterocycles. The molecule has 0 aliphatic carbocycles. The van der Waals surface area contributed by atoms with Crippen LogP contribution in [0, 0.1) is 0 Å². The summed E-state index contributed by atoms with van der Waals surface area (Å²) >= 11 is 0. The second-order valence-electron chi connectivity index (χ2n) is 5.74. The summed E-state index contributed by atoms with van der Waals surface area (Å²) in [4.78, 5) is 24.5. The third kappa shape index (κ3) is 4.91. The number of hydrogen-bond acceptors (Lipinski definition) is 5. The molecule has 2 aromatic carbocycles. The van der Waals surface area contributed by atoms with Gasteiger partial charge in [-0.05, 0) is 49.4 Å². The van der Waals surface area contributed by atoms with Gasteiger partial charge in [0.25, 0.3) is 5.91 Å². The Morgan fingerprint density at radius 3 is 2.25 bits per heavy atom. The quantitative estimate of drug-likeness (QED) is 0.614. The van der Waals surface area contributed by atoms with E-state index in [2.05, 4.69) is 10.9 Å². The van der Waals surface area contributed by atoms with Gasteiger partial charge in [-0.3, -0.25) is 20.4 Å². The van der Waals surface area contributed by atoms with Crippen LogP contribution in [0.2, 0.25) is 0 Å². The predicted molar refractivity (Wildman–Crippen MR) is 102 cm³/mol. The third-order valence-corrected chi connectivity index (χ3v) is 3.81. The molecule has 3 aromatic rings. The number of nitrogens with one attached hydrogen (secondary N) is 2. The second-order valence-corrected chi connectivity index (χ2v) is 5.74. The van der Waals surface area contributed by atoms with Gasteiger partial charge in [0.1, 0.15) is 18.1 Å². The Morgan fingerprint density at radius 2 is 1.54 bits per heavy atom. The Morgan fingerprint density at radius 1 is 0.857 bits per heavy atom. The minimum atomic E-state index is -0.573. The number of hydrazine groups is 1. The largest absolute Gasteiger partial charge is 0.494 e. The van der Waals surface area contributed by atoms with Crippen molar-refractivity contribution in [2.24, 2.45) is 0 Å². The Balaban J connectivity index is 1.55. The van der Waals surface area contributed by atoms with E-state index in [0.29, 0.717) is 29.2 Å². The molecule has 7 nitrogen and oxygen atoms in total. The van der Waals surface area contributed by atoms with Crippen LogP contribution in [0.1, 0.15) is 33.4 Å². The highest BCUT2D eigenvalue weighted by Gasteiger charge is 2.17. The molecule has 2 amide bonds. The van der Waals surface area contributed by atoms with Crippen molar-refractivity contribution in [1.82, 2.24) is 10.9 Å². The molecule has 0 aliphatic rings. The Labute approximate surface area is 162 Å². The number of carbonyl (C=O) groups is 2. The molecule has 1 heterocycles. The normalized spacial score (nSPS) is 10.2. The first-order valence-corrected chi connectivity index (χ1v) is 8.75. The number of amides is 2. The number of hydrogen-bond donors (Lipinski definition) is 2. The lowest BCUT2D eigenvalue weighted by molar-refractivity contribution is 0.0829. The van der Waals surface area contributed by atoms with E-state index in [1.807, 2.05) is 37.3 Å². The van der Waals surface area contributed by atoms with Crippen molar-refractivity contribution in [3.63, 3.8) is 0 Å². The first-order valence-electron chi connectivity index (χ1n) is 8.75. The van der Waals surface area contributed by atoms with Crippen LogP contribution in [0.3, 0.4) is 0 Å². The van der Waals surface area contributed by atoms with E-state index >= 15 is 0 Å². The molecule has 0 fully saturated rings. The predicted octanol–water partition coefficient (Wildman–Crippen LogP) is 3.33. The van der Waals surface area contributed by atoms with Crippen molar-refractivity contribution < 1.29 is 23.5 Å². The first kappa shape index (κ1) is 19.0. The van der Waals surface area contributed by atoms with Crippen LogP contribution < -0.4 is 20.3 Å². The molecular weight excluding hydrogens is 360 g/mol. The lowest BCUT2D eigenvalue weighted by Gasteiger charge is -2.09. The molecule has 7 heteroatoms. The Bertz CT molecular complexity index is 919. The van der Waals surface area contributed by atoms with E-state index < -0.39 is 11.8 Å². The lowest BCUT2D eigenvalue weighted by atomic mass is 10.2. The minimum absolute atomic E-state index is 0.0722. The lowest BCUT2D eigenvalue weighted by Crippen LogP contribution is -2.41. The van der Waals surface area contributed by atoms with Crippen molar-refractivity contribution in [2.75, 3.05) is 6.61 Å². The van der Waals surface area contributed by atoms with E-state index in [1.54, 1.807) is 30.3 Å². The van der Waals surface area contributed by atoms with E-state index in [1.165, 1.54) is 6.26 Å². The van der Waals surface area contributed by atoms with Gasteiger partial charge in [0.15, 0.2) is 5.76 Å². The van der Waals surface area contributed by atoms with E-state index in [0.717, 1.165) is 0 Å². The van der Waals surface area contributed by atoms with Crippen LogP contribution in [-0.4, -0.2) is 18.4 Å². The average molecular weight is 380 g/mol. The summed E-state index contributed by atoms with van der Waals surface area (Å²) in [6.45, 7) is 2.58. The monoisotopic (exact) mass is 380 g/mol. The molecule has 1 aromatic heterocycles. The highest BCUT2D eigenvalue weighted by molar-refractivity contribution is 5.98. The Kier molecular flexibility index (Phi) is 6.30. The number of furan rings is 1. The number of carbonyl (C=O) groups excluding carboxylic acids is 2. The smallest absolute Gasteiger partial charge is 0.305 e. The topological polar surface area (TPSA) is 89.8 Å². The molecule has 2 N–H and O–H groups in total. The summed E-state index contributed by atoms with van der Waals surface area (Å²) < 4.78 is 16.2. The fourth-order valence-corrected chi connectivity index (χ4v) is 2.44. The summed E-state index contributed by atoms with van der Waals surface area (Å²) in [6.07, 6.45) is 1.40. The van der Waals surface area contributed by atoms with E-state index in [-0.39, 0.29) is 12.4 Å². The molecule has 0 spiro atoms. The fourth-order valence-electron chi connectivity index (χ4n) is 2.44. The van der Waals surface area contributed by atoms with Crippen LogP contribution in [0.25, 0.3) is 0 Å². The van der Waals surface area contributed by atoms with Crippen LogP contribution in [-0.2, 0) is 6.61 Å². The number of benzene rings is 2. The van der Waals surface area contributed by atoms with Crippen molar-refractivity contribution in [3.8, 4) is 11.5 Å². The fraction of sp³-hybridized carbons (Fsp3) is 0.143. The van der Waals surface area contributed by atoms with Crippen LogP contribution >= 0.6 is 0 Å². The zero-order valence-corrected chi connectivity index (χ0v) is 15.3. The summed E-state index contributed by atoms with van der Waals surface area (Å²) in [5.41, 5.74) is 5.65. The first-order chi connectivity index (χ1) is 13.7. The second kappa shape index (κ2) is 9.27. The maximum atomic E-state index is 12.3. The van der Waals surface area contributed by atoms with Gasteiger partial charge < -0.3 is 13.9 Å². The third-order valence-electron chi connectivity index (χ3n) is 3.81. The average Bonchev–Trinajstić information content (AvgIpc) is 3.20. The van der Waals surface area contributed by atoms with E-state index in [9.17, 15) is 9.59 Å². The summed E-state index contributed by atoms with van der Waals surface area (Å²) in [7, 11) is 0. The number of para-hydroxylation sites is 1. The Hall–Kier alpha value is -3.74. The van der Waals surface area contributed by atoms with Gasteiger partial charge in [-0.2, -0.15) is 0 Å².